The van der Waals surface area contributed by atoms with E-state index in [9.17, 15) is 20.0 Å². The maximum absolute atomic E-state index is 11.3. The zero-order valence-electron chi connectivity index (χ0n) is 11.6. The molecule has 1 aromatic heterocycles. The van der Waals surface area contributed by atoms with Crippen LogP contribution in [0.1, 0.15) is 11.9 Å². The maximum Gasteiger partial charge on any atom is 0.336 e. The van der Waals surface area contributed by atoms with Crippen molar-refractivity contribution >= 4 is 11.7 Å². The molecule has 0 radical (unpaired) electrons. The molecule has 2 rings (SSSR count). The number of carbonyl (C=O) groups is 1. The van der Waals surface area contributed by atoms with Crippen molar-refractivity contribution in [3.8, 4) is 11.3 Å². The second-order valence-electron chi connectivity index (χ2n) is 4.31. The lowest BCUT2D eigenvalue weighted by Gasteiger charge is -2.07. The van der Waals surface area contributed by atoms with Crippen molar-refractivity contribution in [2.45, 2.75) is 6.10 Å². The van der Waals surface area contributed by atoms with Gasteiger partial charge in [0, 0.05) is 12.1 Å². The van der Waals surface area contributed by atoms with E-state index < -0.39 is 17.0 Å². The number of aliphatic hydroxyl groups excluding tert-OH is 1. The van der Waals surface area contributed by atoms with Crippen LogP contribution in [0.4, 0.5) is 5.69 Å². The Morgan fingerprint density at radius 3 is 2.82 bits per heavy atom. The monoisotopic (exact) mass is 304 g/mol. The average molecular weight is 304 g/mol. The molecule has 0 aliphatic carbocycles. The Balaban J connectivity index is 2.35. The third-order valence-corrected chi connectivity index (χ3v) is 2.95. The molecule has 2 aromatic rings. The number of rotatable bonds is 5. The number of nitrogens with zero attached hydrogens (tertiary/aromatic N) is 2. The van der Waals surface area contributed by atoms with Crippen LogP contribution in [-0.4, -0.2) is 28.3 Å². The maximum atomic E-state index is 11.3. The van der Waals surface area contributed by atoms with Gasteiger partial charge in [0.05, 0.1) is 23.2 Å². The van der Waals surface area contributed by atoms with E-state index in [0.717, 1.165) is 7.11 Å². The summed E-state index contributed by atoms with van der Waals surface area (Å²) in [5.74, 6) is -0.861. The van der Waals surface area contributed by atoms with Gasteiger partial charge in [0.25, 0.3) is 5.69 Å². The van der Waals surface area contributed by atoms with Gasteiger partial charge >= 0.3 is 5.97 Å². The molecule has 0 aliphatic rings. The predicted molar refractivity (Wildman–Crippen MR) is 74.7 cm³/mol. The molecular weight excluding hydrogens is 292 g/mol. The number of hydrogen-bond donors (Lipinski definition) is 1. The van der Waals surface area contributed by atoms with Gasteiger partial charge in [-0.25, -0.2) is 4.79 Å². The summed E-state index contributed by atoms with van der Waals surface area (Å²) in [7, 11) is 1.15. The van der Waals surface area contributed by atoms with Gasteiger partial charge < -0.3 is 14.4 Å². The first-order valence-electron chi connectivity index (χ1n) is 6.11. The summed E-state index contributed by atoms with van der Waals surface area (Å²) in [5, 5.41) is 24.6. The van der Waals surface area contributed by atoms with Gasteiger partial charge in [0.15, 0.2) is 5.76 Å². The van der Waals surface area contributed by atoms with E-state index in [1.807, 2.05) is 0 Å². The Kier molecular flexibility index (Phi) is 4.33. The molecule has 1 aromatic carbocycles. The van der Waals surface area contributed by atoms with Crippen molar-refractivity contribution in [1.82, 2.24) is 5.16 Å². The fraction of sp³-hybridized carbons (Fsp3) is 0.143. The second-order valence-corrected chi connectivity index (χ2v) is 4.31. The van der Waals surface area contributed by atoms with E-state index in [1.165, 1.54) is 24.3 Å². The van der Waals surface area contributed by atoms with Crippen LogP contribution in [0.2, 0.25) is 0 Å². The van der Waals surface area contributed by atoms with Gasteiger partial charge in [0.2, 0.25) is 0 Å². The first kappa shape index (κ1) is 15.4. The van der Waals surface area contributed by atoms with Crippen LogP contribution in [0.15, 0.2) is 47.0 Å². The lowest BCUT2D eigenvalue weighted by molar-refractivity contribution is -0.384. The highest BCUT2D eigenvalue weighted by molar-refractivity contribution is 5.88. The molecular formula is C14H12N2O6. The number of aromatic nitrogens is 1. The van der Waals surface area contributed by atoms with Crippen LogP contribution in [0, 0.1) is 10.1 Å². The highest BCUT2D eigenvalue weighted by Crippen LogP contribution is 2.31. The van der Waals surface area contributed by atoms with E-state index in [0.29, 0.717) is 0 Å². The topological polar surface area (TPSA) is 116 Å². The Morgan fingerprint density at radius 2 is 2.18 bits per heavy atom. The number of esters is 1. The lowest BCUT2D eigenvalue weighted by Crippen LogP contribution is -2.11. The van der Waals surface area contributed by atoms with Crippen LogP contribution in [0.5, 0.6) is 0 Å². The fourth-order valence-corrected chi connectivity index (χ4v) is 1.81. The standard InChI is InChI=1S/C14H12N2O6/c1-8(14(18)21-2)13(17)12-7-10(15-22-12)9-5-3-4-6-11(9)16(19)20/h3-7,13,17H,1H2,2H3. The zero-order valence-corrected chi connectivity index (χ0v) is 11.6. The SMILES string of the molecule is C=C(C(=O)OC)C(O)c1cc(-c2ccccc2[N+](=O)[O-])no1. The summed E-state index contributed by atoms with van der Waals surface area (Å²) in [4.78, 5) is 21.8. The number of carbonyl (C=O) groups excluding carboxylic acids is 1. The van der Waals surface area contributed by atoms with Gasteiger partial charge in [-0.2, -0.15) is 0 Å². The first-order chi connectivity index (χ1) is 10.5. The van der Waals surface area contributed by atoms with Crippen molar-refractivity contribution in [2.24, 2.45) is 0 Å². The minimum atomic E-state index is -1.45. The molecule has 1 heterocycles. The number of hydrogen-bond acceptors (Lipinski definition) is 7. The van der Waals surface area contributed by atoms with Gasteiger partial charge in [-0.05, 0) is 6.07 Å². The van der Waals surface area contributed by atoms with Crippen molar-refractivity contribution in [1.29, 1.82) is 0 Å². The van der Waals surface area contributed by atoms with Crippen LogP contribution in [-0.2, 0) is 9.53 Å². The number of benzene rings is 1. The molecule has 22 heavy (non-hydrogen) atoms. The molecule has 0 aliphatic heterocycles. The molecule has 0 saturated heterocycles. The highest BCUT2D eigenvalue weighted by atomic mass is 16.6. The number of aliphatic hydroxyl groups is 1. The van der Waals surface area contributed by atoms with Crippen LogP contribution in [0.25, 0.3) is 11.3 Å². The van der Waals surface area contributed by atoms with E-state index in [-0.39, 0.29) is 28.3 Å². The smallest absolute Gasteiger partial charge is 0.336 e. The number of nitro groups is 1. The molecule has 1 N–H and O–H groups in total. The predicted octanol–water partition coefficient (Wildman–Crippen LogP) is 2.01. The zero-order chi connectivity index (χ0) is 16.3. The molecule has 0 saturated carbocycles. The summed E-state index contributed by atoms with van der Waals surface area (Å²) in [6.45, 7) is 3.41. The van der Waals surface area contributed by atoms with Crippen molar-refractivity contribution in [3.63, 3.8) is 0 Å². The molecule has 114 valence electrons. The largest absolute Gasteiger partial charge is 0.466 e. The van der Waals surface area contributed by atoms with E-state index in [4.69, 9.17) is 4.52 Å². The Bertz CT molecular complexity index is 736. The first-order valence-corrected chi connectivity index (χ1v) is 6.11. The van der Waals surface area contributed by atoms with E-state index in [1.54, 1.807) is 6.07 Å². The lowest BCUT2D eigenvalue weighted by atomic mass is 10.1. The third-order valence-electron chi connectivity index (χ3n) is 2.95. The Labute approximate surface area is 124 Å². The van der Waals surface area contributed by atoms with Crippen molar-refractivity contribution in [3.05, 3.63) is 58.4 Å². The van der Waals surface area contributed by atoms with Crippen LogP contribution >= 0.6 is 0 Å². The second kappa shape index (κ2) is 6.19. The molecule has 0 amide bonds. The summed E-state index contributed by atoms with van der Waals surface area (Å²) >= 11 is 0. The molecule has 1 unspecified atom stereocenters. The molecule has 0 fully saturated rings. The average Bonchev–Trinajstić information content (AvgIpc) is 3.02. The minimum Gasteiger partial charge on any atom is -0.466 e. The summed E-state index contributed by atoms with van der Waals surface area (Å²) in [6.07, 6.45) is -1.45. The fourth-order valence-electron chi connectivity index (χ4n) is 1.81. The highest BCUT2D eigenvalue weighted by Gasteiger charge is 2.25. The van der Waals surface area contributed by atoms with E-state index >= 15 is 0 Å². The Morgan fingerprint density at radius 1 is 1.50 bits per heavy atom. The molecule has 8 nitrogen and oxygen atoms in total. The minimum absolute atomic E-state index is 0.0662. The van der Waals surface area contributed by atoms with Gasteiger partial charge in [-0.1, -0.05) is 23.9 Å². The number of methoxy groups -OCH3 is 1. The van der Waals surface area contributed by atoms with E-state index in [2.05, 4.69) is 16.5 Å². The third kappa shape index (κ3) is 2.86. The number of nitro benzene ring substituents is 1. The molecule has 0 bridgehead atoms. The van der Waals surface area contributed by atoms with Crippen molar-refractivity contribution in [2.75, 3.05) is 7.11 Å². The number of ether oxygens (including phenoxy) is 1. The Hall–Kier alpha value is -3.00. The van der Waals surface area contributed by atoms with Crippen molar-refractivity contribution < 1.29 is 24.1 Å². The van der Waals surface area contributed by atoms with Crippen LogP contribution in [0.3, 0.4) is 0 Å². The van der Waals surface area contributed by atoms with Gasteiger partial charge in [-0.3, -0.25) is 10.1 Å². The summed E-state index contributed by atoms with van der Waals surface area (Å²) < 4.78 is 9.39. The summed E-state index contributed by atoms with van der Waals surface area (Å²) in [6, 6.07) is 7.27. The quantitative estimate of drug-likeness (QED) is 0.388. The van der Waals surface area contributed by atoms with Gasteiger partial charge in [-0.15, -0.1) is 0 Å². The molecule has 1 atom stereocenters. The van der Waals surface area contributed by atoms with Gasteiger partial charge in [0.1, 0.15) is 11.8 Å². The summed E-state index contributed by atoms with van der Waals surface area (Å²) in [5.41, 5.74) is 0.0220. The molecule has 0 spiro atoms. The number of para-hydroxylation sites is 1. The molecule has 8 heteroatoms. The normalized spacial score (nSPS) is 11.7. The van der Waals surface area contributed by atoms with Crippen LogP contribution < -0.4 is 0 Å².